The summed E-state index contributed by atoms with van der Waals surface area (Å²) in [4.78, 5) is 25.2. The SMILES string of the molecule is CCCS(=O)(=O)c1ccccc1C(=O)N1CCN(c2cnccn2)CC1. The van der Waals surface area contributed by atoms with Crippen molar-refractivity contribution in [1.29, 1.82) is 0 Å². The number of hydrogen-bond acceptors (Lipinski definition) is 6. The summed E-state index contributed by atoms with van der Waals surface area (Å²) in [6.45, 7) is 4.10. The summed E-state index contributed by atoms with van der Waals surface area (Å²) >= 11 is 0. The molecule has 8 heteroatoms. The molecule has 1 aliphatic rings. The zero-order valence-electron chi connectivity index (χ0n) is 14.7. The molecule has 1 amide bonds. The molecular formula is C18H22N4O3S. The van der Waals surface area contributed by atoms with Crippen molar-refractivity contribution < 1.29 is 13.2 Å². The lowest BCUT2D eigenvalue weighted by Gasteiger charge is -2.35. The van der Waals surface area contributed by atoms with Gasteiger partial charge in [0, 0.05) is 38.6 Å². The fraction of sp³-hybridized carbons (Fsp3) is 0.389. The molecule has 0 atom stereocenters. The second kappa shape index (κ2) is 7.82. The van der Waals surface area contributed by atoms with Crippen LogP contribution in [-0.2, 0) is 9.84 Å². The number of aromatic nitrogens is 2. The van der Waals surface area contributed by atoms with Gasteiger partial charge in [0.1, 0.15) is 5.82 Å². The Morgan fingerprint density at radius 2 is 1.85 bits per heavy atom. The summed E-state index contributed by atoms with van der Waals surface area (Å²) in [6, 6.07) is 6.48. The second-order valence-electron chi connectivity index (χ2n) is 6.16. The van der Waals surface area contributed by atoms with Crippen molar-refractivity contribution in [2.24, 2.45) is 0 Å². The van der Waals surface area contributed by atoms with Crippen LogP contribution < -0.4 is 4.90 Å². The largest absolute Gasteiger partial charge is 0.352 e. The van der Waals surface area contributed by atoms with Gasteiger partial charge in [0.15, 0.2) is 9.84 Å². The van der Waals surface area contributed by atoms with Crippen LogP contribution in [-0.4, -0.2) is 61.1 Å². The molecule has 0 N–H and O–H groups in total. The van der Waals surface area contributed by atoms with Crippen LogP contribution in [0.5, 0.6) is 0 Å². The predicted octanol–water partition coefficient (Wildman–Crippen LogP) is 1.62. The minimum absolute atomic E-state index is 0.0394. The Labute approximate surface area is 153 Å². The lowest BCUT2D eigenvalue weighted by Crippen LogP contribution is -2.49. The first-order valence-corrected chi connectivity index (χ1v) is 10.3. The molecule has 1 aliphatic heterocycles. The van der Waals surface area contributed by atoms with E-state index in [-0.39, 0.29) is 22.1 Å². The molecule has 2 aromatic rings. The molecule has 1 aromatic heterocycles. The number of nitrogens with zero attached hydrogens (tertiary/aromatic N) is 4. The van der Waals surface area contributed by atoms with Gasteiger partial charge in [-0.3, -0.25) is 9.78 Å². The van der Waals surface area contributed by atoms with E-state index in [1.54, 1.807) is 41.7 Å². The maximum Gasteiger partial charge on any atom is 0.255 e. The van der Waals surface area contributed by atoms with Crippen molar-refractivity contribution in [2.45, 2.75) is 18.2 Å². The Kier molecular flexibility index (Phi) is 5.51. The van der Waals surface area contributed by atoms with Gasteiger partial charge < -0.3 is 9.80 Å². The average Bonchev–Trinajstić information content (AvgIpc) is 2.68. The summed E-state index contributed by atoms with van der Waals surface area (Å²) in [5.74, 6) is 0.585. The third kappa shape index (κ3) is 3.85. The molecule has 7 nitrogen and oxygen atoms in total. The maximum atomic E-state index is 12.9. The van der Waals surface area contributed by atoms with Crippen LogP contribution >= 0.6 is 0 Å². The molecule has 0 spiro atoms. The van der Waals surface area contributed by atoms with E-state index < -0.39 is 9.84 Å². The van der Waals surface area contributed by atoms with Gasteiger partial charge in [-0.1, -0.05) is 19.1 Å². The Morgan fingerprint density at radius 1 is 1.12 bits per heavy atom. The van der Waals surface area contributed by atoms with Gasteiger partial charge in [0.05, 0.1) is 22.4 Å². The Hall–Kier alpha value is -2.48. The quantitative estimate of drug-likeness (QED) is 0.791. The van der Waals surface area contributed by atoms with Gasteiger partial charge in [-0.05, 0) is 18.6 Å². The van der Waals surface area contributed by atoms with Crippen molar-refractivity contribution in [3.8, 4) is 0 Å². The predicted molar refractivity (Wildman–Crippen MR) is 98.9 cm³/mol. The topological polar surface area (TPSA) is 83.5 Å². The monoisotopic (exact) mass is 374 g/mol. The van der Waals surface area contributed by atoms with E-state index in [0.29, 0.717) is 32.6 Å². The zero-order valence-corrected chi connectivity index (χ0v) is 15.5. The highest BCUT2D eigenvalue weighted by atomic mass is 32.2. The van der Waals surface area contributed by atoms with Gasteiger partial charge >= 0.3 is 0 Å². The van der Waals surface area contributed by atoms with Crippen LogP contribution in [0.15, 0.2) is 47.8 Å². The third-order valence-electron chi connectivity index (χ3n) is 4.37. The molecule has 0 saturated carbocycles. The maximum absolute atomic E-state index is 12.9. The van der Waals surface area contributed by atoms with E-state index in [9.17, 15) is 13.2 Å². The molecule has 0 unspecified atom stereocenters. The first-order valence-electron chi connectivity index (χ1n) is 8.65. The van der Waals surface area contributed by atoms with E-state index in [0.717, 1.165) is 5.82 Å². The van der Waals surface area contributed by atoms with Gasteiger partial charge in [0.2, 0.25) is 0 Å². The van der Waals surface area contributed by atoms with Gasteiger partial charge in [-0.2, -0.15) is 0 Å². The summed E-state index contributed by atoms with van der Waals surface area (Å²) in [6.07, 6.45) is 5.48. The molecule has 0 aliphatic carbocycles. The summed E-state index contributed by atoms with van der Waals surface area (Å²) < 4.78 is 25.0. The van der Waals surface area contributed by atoms with E-state index in [1.165, 1.54) is 6.07 Å². The number of carbonyl (C=O) groups is 1. The molecule has 1 fully saturated rings. The molecule has 26 heavy (non-hydrogen) atoms. The Morgan fingerprint density at radius 3 is 2.50 bits per heavy atom. The summed E-state index contributed by atoms with van der Waals surface area (Å²) in [5, 5.41) is 0. The van der Waals surface area contributed by atoms with Crippen LogP contribution in [0.3, 0.4) is 0 Å². The molecular weight excluding hydrogens is 352 g/mol. The fourth-order valence-corrected chi connectivity index (χ4v) is 4.59. The zero-order chi connectivity index (χ0) is 18.6. The lowest BCUT2D eigenvalue weighted by atomic mass is 10.2. The van der Waals surface area contributed by atoms with Crippen LogP contribution in [0.4, 0.5) is 5.82 Å². The number of benzene rings is 1. The summed E-state index contributed by atoms with van der Waals surface area (Å²) in [7, 11) is -3.45. The molecule has 1 saturated heterocycles. The standard InChI is InChI=1S/C18H22N4O3S/c1-2-13-26(24,25)16-6-4-3-5-15(16)18(23)22-11-9-21(10-12-22)17-14-19-7-8-20-17/h3-8,14H,2,9-13H2,1H3. The van der Waals surface area contributed by atoms with Crippen molar-refractivity contribution in [3.05, 3.63) is 48.4 Å². The molecule has 2 heterocycles. The molecule has 0 radical (unpaired) electrons. The number of hydrogen-bond donors (Lipinski definition) is 0. The number of rotatable bonds is 5. The number of carbonyl (C=O) groups excluding carboxylic acids is 1. The van der Waals surface area contributed by atoms with E-state index in [2.05, 4.69) is 14.9 Å². The minimum Gasteiger partial charge on any atom is -0.352 e. The van der Waals surface area contributed by atoms with Crippen molar-refractivity contribution >= 4 is 21.6 Å². The highest BCUT2D eigenvalue weighted by molar-refractivity contribution is 7.91. The van der Waals surface area contributed by atoms with Crippen LogP contribution in [0.1, 0.15) is 23.7 Å². The van der Waals surface area contributed by atoms with E-state index >= 15 is 0 Å². The second-order valence-corrected chi connectivity index (χ2v) is 8.24. The van der Waals surface area contributed by atoms with Crippen molar-refractivity contribution in [3.63, 3.8) is 0 Å². The normalized spacial score (nSPS) is 15.1. The number of anilines is 1. The summed E-state index contributed by atoms with van der Waals surface area (Å²) in [5.41, 5.74) is 0.258. The van der Waals surface area contributed by atoms with Crippen LogP contribution in [0, 0.1) is 0 Å². The smallest absolute Gasteiger partial charge is 0.255 e. The first-order chi connectivity index (χ1) is 12.5. The van der Waals surface area contributed by atoms with Crippen molar-refractivity contribution in [1.82, 2.24) is 14.9 Å². The van der Waals surface area contributed by atoms with E-state index in [1.807, 2.05) is 6.92 Å². The van der Waals surface area contributed by atoms with E-state index in [4.69, 9.17) is 0 Å². The highest BCUT2D eigenvalue weighted by Crippen LogP contribution is 2.21. The molecule has 0 bridgehead atoms. The van der Waals surface area contributed by atoms with Gasteiger partial charge in [-0.15, -0.1) is 0 Å². The average molecular weight is 374 g/mol. The van der Waals surface area contributed by atoms with Crippen molar-refractivity contribution in [2.75, 3.05) is 36.8 Å². The molecule has 138 valence electrons. The number of sulfone groups is 1. The highest BCUT2D eigenvalue weighted by Gasteiger charge is 2.27. The lowest BCUT2D eigenvalue weighted by molar-refractivity contribution is 0.0742. The number of amides is 1. The Bertz CT molecular complexity index is 863. The van der Waals surface area contributed by atoms with Gasteiger partial charge in [-0.25, -0.2) is 13.4 Å². The molecule has 1 aromatic carbocycles. The van der Waals surface area contributed by atoms with Gasteiger partial charge in [0.25, 0.3) is 5.91 Å². The third-order valence-corrected chi connectivity index (χ3v) is 6.34. The van der Waals surface area contributed by atoms with Crippen LogP contribution in [0.2, 0.25) is 0 Å². The Balaban J connectivity index is 1.76. The van der Waals surface area contributed by atoms with Crippen LogP contribution in [0.25, 0.3) is 0 Å². The first kappa shape index (κ1) is 18.3. The molecule has 3 rings (SSSR count). The minimum atomic E-state index is -3.45. The number of piperazine rings is 1. The fourth-order valence-electron chi connectivity index (χ4n) is 3.06.